The zero-order valence-corrected chi connectivity index (χ0v) is 9.55. The molecule has 0 N–H and O–H groups in total. The van der Waals surface area contributed by atoms with Gasteiger partial charge in [-0.15, -0.1) is 0 Å². The number of rotatable bonds is 2. The minimum absolute atomic E-state index is 0.479. The molecule has 0 radical (unpaired) electrons. The van der Waals surface area contributed by atoms with Gasteiger partial charge >= 0.3 is 5.97 Å². The molecule has 1 heterocycles. The quantitative estimate of drug-likeness (QED) is 0.388. The van der Waals surface area contributed by atoms with Crippen LogP contribution < -0.4 is 4.74 Å². The lowest BCUT2D eigenvalue weighted by atomic mass is 10.1. The van der Waals surface area contributed by atoms with E-state index in [1.807, 2.05) is 30.3 Å². The van der Waals surface area contributed by atoms with Crippen molar-refractivity contribution in [2.45, 2.75) is 0 Å². The molecule has 0 saturated heterocycles. The molecule has 88 valence electrons. The molecule has 0 saturated carbocycles. The van der Waals surface area contributed by atoms with Crippen LogP contribution in [0.5, 0.6) is 5.75 Å². The number of carbonyl (C=O) groups excluding carboxylic acids is 1. The van der Waals surface area contributed by atoms with Gasteiger partial charge in [-0.25, -0.2) is 4.79 Å². The van der Waals surface area contributed by atoms with Crippen molar-refractivity contribution in [3.63, 3.8) is 0 Å². The summed E-state index contributed by atoms with van der Waals surface area (Å²) >= 11 is 0. The highest BCUT2D eigenvalue weighted by Gasteiger charge is 2.12. The Morgan fingerprint density at radius 3 is 2.72 bits per heavy atom. The van der Waals surface area contributed by atoms with Crippen LogP contribution in [0.2, 0.25) is 0 Å². The summed E-state index contributed by atoms with van der Waals surface area (Å²) in [5.74, 6) is 0.00938. The summed E-state index contributed by atoms with van der Waals surface area (Å²) in [5, 5.41) is 1.74. The second-order valence-corrected chi connectivity index (χ2v) is 3.85. The van der Waals surface area contributed by atoms with Crippen molar-refractivity contribution < 1.29 is 13.9 Å². The predicted octanol–water partition coefficient (Wildman–Crippen LogP) is 3.68. The molecule has 0 unspecified atom stereocenters. The fourth-order valence-electron chi connectivity index (χ4n) is 1.98. The molecular weight excluding hydrogens is 228 g/mol. The normalized spacial score (nSPS) is 10.7. The van der Waals surface area contributed by atoms with Crippen LogP contribution in [0.25, 0.3) is 21.9 Å². The first-order chi connectivity index (χ1) is 8.79. The molecule has 0 aliphatic rings. The van der Waals surface area contributed by atoms with Gasteiger partial charge in [-0.2, -0.15) is 0 Å². The molecule has 0 spiro atoms. The summed E-state index contributed by atoms with van der Waals surface area (Å²) < 4.78 is 10.9. The number of hydrogen-bond acceptors (Lipinski definition) is 3. The number of furan rings is 1. The molecule has 0 bridgehead atoms. The SMILES string of the molecule is C=CC(=O)Oc1cccc2oc3ccccc3c12. The highest BCUT2D eigenvalue weighted by Crippen LogP contribution is 2.35. The third kappa shape index (κ3) is 1.57. The molecule has 3 rings (SSSR count). The lowest BCUT2D eigenvalue weighted by molar-refractivity contribution is -0.128. The van der Waals surface area contributed by atoms with Crippen LogP contribution in [-0.4, -0.2) is 5.97 Å². The summed E-state index contributed by atoms with van der Waals surface area (Å²) in [7, 11) is 0. The highest BCUT2D eigenvalue weighted by atomic mass is 16.5. The van der Waals surface area contributed by atoms with Gasteiger partial charge < -0.3 is 9.15 Å². The summed E-state index contributed by atoms with van der Waals surface area (Å²) in [6, 6.07) is 13.0. The zero-order chi connectivity index (χ0) is 12.5. The molecule has 0 amide bonds. The molecular formula is C15H10O3. The Kier molecular flexibility index (Phi) is 2.38. The van der Waals surface area contributed by atoms with E-state index in [1.54, 1.807) is 12.1 Å². The van der Waals surface area contributed by atoms with E-state index >= 15 is 0 Å². The van der Waals surface area contributed by atoms with E-state index in [9.17, 15) is 4.79 Å². The van der Waals surface area contributed by atoms with Crippen molar-refractivity contribution in [1.82, 2.24) is 0 Å². The van der Waals surface area contributed by atoms with E-state index in [4.69, 9.17) is 9.15 Å². The summed E-state index contributed by atoms with van der Waals surface area (Å²) in [4.78, 5) is 11.3. The molecule has 3 heteroatoms. The van der Waals surface area contributed by atoms with Crippen LogP contribution in [0, 0.1) is 0 Å². The highest BCUT2D eigenvalue weighted by molar-refractivity contribution is 6.09. The first-order valence-electron chi connectivity index (χ1n) is 5.54. The Balaban J connectivity index is 2.31. The number of carbonyl (C=O) groups is 1. The second-order valence-electron chi connectivity index (χ2n) is 3.85. The summed E-state index contributed by atoms with van der Waals surface area (Å²) in [6.07, 6.45) is 1.14. The zero-order valence-electron chi connectivity index (χ0n) is 9.55. The van der Waals surface area contributed by atoms with Crippen LogP contribution in [0.3, 0.4) is 0 Å². The van der Waals surface area contributed by atoms with Gasteiger partial charge in [-0.3, -0.25) is 0 Å². The van der Waals surface area contributed by atoms with Crippen LogP contribution >= 0.6 is 0 Å². The monoisotopic (exact) mass is 238 g/mol. The Labute approximate surface area is 103 Å². The maximum atomic E-state index is 11.3. The van der Waals surface area contributed by atoms with Crippen LogP contribution in [0.4, 0.5) is 0 Å². The third-order valence-corrected chi connectivity index (χ3v) is 2.74. The van der Waals surface area contributed by atoms with Gasteiger partial charge in [-0.05, 0) is 18.2 Å². The van der Waals surface area contributed by atoms with Crippen molar-refractivity contribution in [2.75, 3.05) is 0 Å². The number of esters is 1. The Morgan fingerprint density at radius 2 is 1.89 bits per heavy atom. The van der Waals surface area contributed by atoms with E-state index < -0.39 is 5.97 Å². The second kappa shape index (κ2) is 4.04. The van der Waals surface area contributed by atoms with Gasteiger partial charge in [0.15, 0.2) is 0 Å². The van der Waals surface area contributed by atoms with Gasteiger partial charge in [0.05, 0.1) is 5.39 Å². The molecule has 3 nitrogen and oxygen atoms in total. The van der Waals surface area contributed by atoms with Gasteiger partial charge in [0.2, 0.25) is 0 Å². The molecule has 18 heavy (non-hydrogen) atoms. The van der Waals surface area contributed by atoms with Crippen LogP contribution in [0.15, 0.2) is 59.5 Å². The van der Waals surface area contributed by atoms with E-state index in [2.05, 4.69) is 6.58 Å². The molecule has 0 aliphatic heterocycles. The molecule has 2 aromatic carbocycles. The largest absolute Gasteiger partial charge is 0.456 e. The van der Waals surface area contributed by atoms with Crippen molar-refractivity contribution in [3.05, 3.63) is 55.1 Å². The van der Waals surface area contributed by atoms with Gasteiger partial charge in [0.1, 0.15) is 16.9 Å². The molecule has 1 aromatic heterocycles. The van der Waals surface area contributed by atoms with Crippen molar-refractivity contribution >= 4 is 27.9 Å². The average molecular weight is 238 g/mol. The minimum atomic E-state index is -0.479. The lowest BCUT2D eigenvalue weighted by Crippen LogP contribution is -2.02. The van der Waals surface area contributed by atoms with Gasteiger partial charge in [0, 0.05) is 11.5 Å². The smallest absolute Gasteiger partial charge is 0.335 e. The number of para-hydroxylation sites is 1. The van der Waals surface area contributed by atoms with Gasteiger partial charge in [-0.1, -0.05) is 30.8 Å². The summed E-state index contributed by atoms with van der Waals surface area (Å²) in [5.41, 5.74) is 1.47. The Hall–Kier alpha value is -2.55. The Morgan fingerprint density at radius 1 is 1.11 bits per heavy atom. The van der Waals surface area contributed by atoms with Crippen LogP contribution in [0.1, 0.15) is 0 Å². The lowest BCUT2D eigenvalue weighted by Gasteiger charge is -2.02. The first kappa shape index (κ1) is 10.6. The number of benzene rings is 2. The Bertz CT molecular complexity index is 753. The maximum Gasteiger partial charge on any atom is 0.335 e. The standard InChI is InChI=1S/C15H10O3/c1-2-14(16)18-13-9-5-8-12-15(13)10-6-3-4-7-11(10)17-12/h2-9H,1H2. The average Bonchev–Trinajstić information content (AvgIpc) is 2.78. The fraction of sp³-hybridized carbons (Fsp3) is 0. The van der Waals surface area contributed by atoms with E-state index in [0.717, 1.165) is 22.4 Å². The van der Waals surface area contributed by atoms with Gasteiger partial charge in [0.25, 0.3) is 0 Å². The summed E-state index contributed by atoms with van der Waals surface area (Å²) in [6.45, 7) is 3.39. The molecule has 3 aromatic rings. The first-order valence-corrected chi connectivity index (χ1v) is 5.54. The van der Waals surface area contributed by atoms with E-state index in [-0.39, 0.29) is 0 Å². The number of hydrogen-bond donors (Lipinski definition) is 0. The van der Waals surface area contributed by atoms with Crippen molar-refractivity contribution in [1.29, 1.82) is 0 Å². The number of fused-ring (bicyclic) bond motifs is 3. The van der Waals surface area contributed by atoms with Crippen molar-refractivity contribution in [2.24, 2.45) is 0 Å². The van der Waals surface area contributed by atoms with Crippen molar-refractivity contribution in [3.8, 4) is 5.75 Å². The molecule has 0 aliphatic carbocycles. The minimum Gasteiger partial charge on any atom is -0.456 e. The molecule has 0 atom stereocenters. The van der Waals surface area contributed by atoms with E-state index in [0.29, 0.717) is 11.3 Å². The van der Waals surface area contributed by atoms with Crippen LogP contribution in [-0.2, 0) is 4.79 Å². The molecule has 0 fully saturated rings. The van der Waals surface area contributed by atoms with E-state index in [1.165, 1.54) is 0 Å². The third-order valence-electron chi connectivity index (χ3n) is 2.74. The predicted molar refractivity (Wildman–Crippen MR) is 69.6 cm³/mol. The topological polar surface area (TPSA) is 39.4 Å². The fourth-order valence-corrected chi connectivity index (χ4v) is 1.98. The maximum absolute atomic E-state index is 11.3. The number of ether oxygens (including phenoxy) is 1.